The van der Waals surface area contributed by atoms with Gasteiger partial charge in [0.15, 0.2) is 0 Å². The van der Waals surface area contributed by atoms with Crippen LogP contribution in [0.2, 0.25) is 0 Å². The number of esters is 1. The standard InChI is InChI=1S/C24H38N2O2.2ClH/c1-5-22(27)28-24(21-13-9-8-10-14-21)17-20(2)25(4)18-23(24,3)19-26-15-11-6-7-12-16-26;;/h8-10,13-14,20H,5-7,11-12,15-19H2,1-4H3;2*1H. The molecule has 0 N–H and O–H groups in total. The van der Waals surface area contributed by atoms with Gasteiger partial charge in [-0.15, -0.1) is 24.8 Å². The summed E-state index contributed by atoms with van der Waals surface area (Å²) in [6.45, 7) is 10.7. The second-order valence-electron chi connectivity index (χ2n) is 9.24. The minimum Gasteiger partial charge on any atom is -0.453 e. The fraction of sp³-hybridized carbons (Fsp3) is 0.708. The van der Waals surface area contributed by atoms with E-state index in [1.165, 1.54) is 25.7 Å². The summed E-state index contributed by atoms with van der Waals surface area (Å²) in [7, 11) is 2.21. The van der Waals surface area contributed by atoms with Gasteiger partial charge in [-0.25, -0.2) is 0 Å². The number of benzene rings is 1. The van der Waals surface area contributed by atoms with E-state index in [0.717, 1.165) is 38.2 Å². The average molecular weight is 460 g/mol. The number of rotatable bonds is 5. The molecule has 0 spiro atoms. The molecule has 2 aliphatic heterocycles. The highest BCUT2D eigenvalue weighted by molar-refractivity contribution is 5.85. The van der Waals surface area contributed by atoms with Crippen LogP contribution in [0.15, 0.2) is 30.3 Å². The molecule has 0 amide bonds. The Hall–Kier alpha value is -0.810. The number of piperidine rings is 1. The van der Waals surface area contributed by atoms with E-state index >= 15 is 0 Å². The number of halogens is 2. The lowest BCUT2D eigenvalue weighted by Gasteiger charge is -2.57. The Morgan fingerprint density at radius 3 is 2.27 bits per heavy atom. The van der Waals surface area contributed by atoms with Crippen molar-refractivity contribution in [2.45, 2.75) is 70.9 Å². The first-order valence-electron chi connectivity index (χ1n) is 11.1. The molecule has 0 aliphatic carbocycles. The van der Waals surface area contributed by atoms with Gasteiger partial charge in [0.25, 0.3) is 0 Å². The molecule has 3 unspecified atom stereocenters. The van der Waals surface area contributed by atoms with Gasteiger partial charge in [-0.2, -0.15) is 0 Å². The van der Waals surface area contributed by atoms with Gasteiger partial charge in [-0.3, -0.25) is 4.79 Å². The second kappa shape index (κ2) is 11.7. The van der Waals surface area contributed by atoms with Crippen LogP contribution in [0.1, 0.15) is 64.9 Å². The third kappa shape index (κ3) is 5.70. The average Bonchev–Trinajstić information content (AvgIpc) is 2.95. The Balaban J connectivity index is 0.00000225. The first-order valence-corrected chi connectivity index (χ1v) is 11.1. The molecule has 3 rings (SSSR count). The maximum Gasteiger partial charge on any atom is 0.306 e. The van der Waals surface area contributed by atoms with Crippen molar-refractivity contribution in [3.05, 3.63) is 35.9 Å². The summed E-state index contributed by atoms with van der Waals surface area (Å²) in [5.41, 5.74) is 0.402. The molecule has 3 atom stereocenters. The molecule has 0 aromatic heterocycles. The first-order chi connectivity index (χ1) is 13.4. The molecule has 172 valence electrons. The zero-order chi connectivity index (χ0) is 20.2. The largest absolute Gasteiger partial charge is 0.453 e. The lowest BCUT2D eigenvalue weighted by Crippen LogP contribution is -2.63. The SMILES string of the molecule is CCC(=O)OC1(c2ccccc2)CC(C)N(C)CC1(C)CN1CCCCCC1.Cl.Cl. The lowest BCUT2D eigenvalue weighted by atomic mass is 9.63. The number of carbonyl (C=O) groups is 1. The zero-order valence-electron chi connectivity index (χ0n) is 19.1. The minimum atomic E-state index is -0.584. The van der Waals surface area contributed by atoms with Crippen LogP contribution in [-0.2, 0) is 15.1 Å². The van der Waals surface area contributed by atoms with Crippen LogP contribution in [-0.4, -0.2) is 55.0 Å². The molecule has 6 heteroatoms. The maximum absolute atomic E-state index is 12.6. The second-order valence-corrected chi connectivity index (χ2v) is 9.24. The van der Waals surface area contributed by atoms with Crippen LogP contribution in [0, 0.1) is 5.41 Å². The van der Waals surface area contributed by atoms with Crippen LogP contribution in [0.5, 0.6) is 0 Å². The van der Waals surface area contributed by atoms with Crippen molar-refractivity contribution in [3.8, 4) is 0 Å². The normalized spacial score (nSPS) is 30.5. The minimum absolute atomic E-state index is 0. The molecule has 30 heavy (non-hydrogen) atoms. The zero-order valence-corrected chi connectivity index (χ0v) is 20.7. The fourth-order valence-electron chi connectivity index (χ4n) is 5.28. The third-order valence-electron chi connectivity index (χ3n) is 7.00. The van der Waals surface area contributed by atoms with Gasteiger partial charge >= 0.3 is 5.97 Å². The van der Waals surface area contributed by atoms with E-state index in [4.69, 9.17) is 4.74 Å². The number of nitrogens with zero attached hydrogens (tertiary/aromatic N) is 2. The van der Waals surface area contributed by atoms with E-state index in [-0.39, 0.29) is 36.2 Å². The molecule has 2 saturated heterocycles. The van der Waals surface area contributed by atoms with Gasteiger partial charge < -0.3 is 14.5 Å². The van der Waals surface area contributed by atoms with Gasteiger partial charge in [-0.1, -0.05) is 57.0 Å². The highest BCUT2D eigenvalue weighted by Crippen LogP contribution is 2.51. The van der Waals surface area contributed by atoms with Crippen molar-refractivity contribution in [2.24, 2.45) is 5.41 Å². The van der Waals surface area contributed by atoms with E-state index < -0.39 is 5.60 Å². The quantitative estimate of drug-likeness (QED) is 0.561. The third-order valence-corrected chi connectivity index (χ3v) is 7.00. The van der Waals surface area contributed by atoms with E-state index in [9.17, 15) is 4.79 Å². The van der Waals surface area contributed by atoms with Gasteiger partial charge in [0, 0.05) is 37.4 Å². The molecule has 0 bridgehead atoms. The van der Waals surface area contributed by atoms with Crippen molar-refractivity contribution in [1.29, 1.82) is 0 Å². The van der Waals surface area contributed by atoms with Crippen molar-refractivity contribution in [1.82, 2.24) is 9.80 Å². The predicted octanol–water partition coefficient (Wildman–Crippen LogP) is 5.29. The number of ether oxygens (including phenoxy) is 1. The van der Waals surface area contributed by atoms with Crippen LogP contribution in [0.3, 0.4) is 0 Å². The molecule has 2 heterocycles. The van der Waals surface area contributed by atoms with Crippen molar-refractivity contribution in [3.63, 3.8) is 0 Å². The smallest absolute Gasteiger partial charge is 0.306 e. The summed E-state index contributed by atoms with van der Waals surface area (Å²) in [5, 5.41) is 0. The van der Waals surface area contributed by atoms with Gasteiger partial charge in [-0.05, 0) is 45.5 Å². The van der Waals surface area contributed by atoms with Gasteiger partial charge in [0.2, 0.25) is 0 Å². The van der Waals surface area contributed by atoms with Crippen molar-refractivity contribution >= 4 is 30.8 Å². The van der Waals surface area contributed by atoms with Crippen LogP contribution in [0.25, 0.3) is 0 Å². The number of likely N-dealkylation sites (tertiary alicyclic amines) is 2. The molecule has 0 saturated carbocycles. The topological polar surface area (TPSA) is 32.8 Å². The van der Waals surface area contributed by atoms with Crippen LogP contribution < -0.4 is 0 Å². The maximum atomic E-state index is 12.6. The molecule has 2 fully saturated rings. The Morgan fingerprint density at radius 2 is 1.70 bits per heavy atom. The fourth-order valence-corrected chi connectivity index (χ4v) is 5.28. The monoisotopic (exact) mass is 458 g/mol. The first kappa shape index (κ1) is 27.2. The number of hydrogen-bond acceptors (Lipinski definition) is 4. The molecule has 2 aliphatic rings. The summed E-state index contributed by atoms with van der Waals surface area (Å²) < 4.78 is 6.43. The van der Waals surface area contributed by atoms with Gasteiger partial charge in [0.05, 0.1) is 0 Å². The molecular formula is C24H40Cl2N2O2. The summed E-state index contributed by atoms with van der Waals surface area (Å²) in [6.07, 6.45) is 6.46. The predicted molar refractivity (Wildman–Crippen MR) is 129 cm³/mol. The van der Waals surface area contributed by atoms with Crippen LogP contribution >= 0.6 is 24.8 Å². The van der Waals surface area contributed by atoms with E-state index in [0.29, 0.717) is 12.5 Å². The summed E-state index contributed by atoms with van der Waals surface area (Å²) >= 11 is 0. The summed E-state index contributed by atoms with van der Waals surface area (Å²) in [6, 6.07) is 10.9. The van der Waals surface area contributed by atoms with Crippen molar-refractivity contribution < 1.29 is 9.53 Å². The molecule has 0 radical (unpaired) electrons. The van der Waals surface area contributed by atoms with E-state index in [1.807, 2.05) is 13.0 Å². The summed E-state index contributed by atoms with van der Waals surface area (Å²) in [4.78, 5) is 17.7. The Bertz CT molecular complexity index is 652. The van der Waals surface area contributed by atoms with Gasteiger partial charge in [0.1, 0.15) is 5.60 Å². The Kier molecular flexibility index (Phi) is 10.6. The Labute approximate surface area is 195 Å². The highest BCUT2D eigenvalue weighted by atomic mass is 35.5. The number of hydrogen-bond donors (Lipinski definition) is 0. The van der Waals surface area contributed by atoms with E-state index in [2.05, 4.69) is 55.0 Å². The highest BCUT2D eigenvalue weighted by Gasteiger charge is 2.57. The van der Waals surface area contributed by atoms with E-state index in [1.54, 1.807) is 0 Å². The molecule has 1 aromatic carbocycles. The number of carbonyl (C=O) groups excluding carboxylic acids is 1. The molecule has 1 aromatic rings. The molecule has 4 nitrogen and oxygen atoms in total. The molecular weight excluding hydrogens is 419 g/mol. The van der Waals surface area contributed by atoms with Crippen molar-refractivity contribution in [2.75, 3.05) is 33.2 Å². The Morgan fingerprint density at radius 1 is 1.10 bits per heavy atom. The van der Waals surface area contributed by atoms with Crippen LogP contribution in [0.4, 0.5) is 0 Å². The lowest BCUT2D eigenvalue weighted by molar-refractivity contribution is -0.201. The summed E-state index contributed by atoms with van der Waals surface area (Å²) in [5.74, 6) is -0.0947.